The summed E-state index contributed by atoms with van der Waals surface area (Å²) in [5.74, 6) is 0.550. The van der Waals surface area contributed by atoms with Crippen LogP contribution in [-0.4, -0.2) is 0 Å². The molecule has 0 radical (unpaired) electrons. The van der Waals surface area contributed by atoms with Gasteiger partial charge in [-0.25, -0.2) is 0 Å². The standard InChI is InChI=1S/C22H27N/c1-18(20-10-6-4-7-11-20)16-19(17-23)14-15-22(2,3)21-12-8-5-9-13-21/h4-13,18-19H,14-16H2,1-3H3. The van der Waals surface area contributed by atoms with E-state index >= 15 is 0 Å². The van der Waals surface area contributed by atoms with E-state index in [4.69, 9.17) is 0 Å². The molecule has 0 aromatic heterocycles. The van der Waals surface area contributed by atoms with Crippen LogP contribution in [0.15, 0.2) is 60.7 Å². The molecule has 2 rings (SSSR count). The average Bonchev–Trinajstić information content (AvgIpc) is 2.60. The maximum absolute atomic E-state index is 9.54. The first-order chi connectivity index (χ1) is 11.0. The van der Waals surface area contributed by atoms with E-state index < -0.39 is 0 Å². The molecule has 1 nitrogen and oxygen atoms in total. The van der Waals surface area contributed by atoms with Crippen molar-refractivity contribution < 1.29 is 0 Å². The highest BCUT2D eigenvalue weighted by atomic mass is 14.3. The lowest BCUT2D eigenvalue weighted by molar-refractivity contribution is 0.400. The minimum Gasteiger partial charge on any atom is -0.198 e. The monoisotopic (exact) mass is 305 g/mol. The molecule has 0 heterocycles. The van der Waals surface area contributed by atoms with Crippen LogP contribution in [0.4, 0.5) is 0 Å². The smallest absolute Gasteiger partial charge is 0.0656 e. The largest absolute Gasteiger partial charge is 0.198 e. The zero-order valence-corrected chi connectivity index (χ0v) is 14.5. The Hall–Kier alpha value is -2.07. The van der Waals surface area contributed by atoms with E-state index in [0.29, 0.717) is 5.92 Å². The highest BCUT2D eigenvalue weighted by molar-refractivity contribution is 5.23. The van der Waals surface area contributed by atoms with E-state index in [1.807, 2.05) is 6.07 Å². The summed E-state index contributed by atoms with van der Waals surface area (Å²) in [4.78, 5) is 0. The minimum atomic E-state index is 0.117. The van der Waals surface area contributed by atoms with Crippen LogP contribution in [0.3, 0.4) is 0 Å². The third kappa shape index (κ3) is 4.96. The van der Waals surface area contributed by atoms with Crippen molar-refractivity contribution in [1.82, 2.24) is 0 Å². The van der Waals surface area contributed by atoms with Crippen LogP contribution in [0.5, 0.6) is 0 Å². The molecule has 0 amide bonds. The molecule has 0 saturated heterocycles. The van der Waals surface area contributed by atoms with Gasteiger partial charge in [0.2, 0.25) is 0 Å². The molecule has 120 valence electrons. The third-order valence-electron chi connectivity index (χ3n) is 4.86. The number of benzene rings is 2. The van der Waals surface area contributed by atoms with Crippen molar-refractivity contribution in [3.8, 4) is 6.07 Å². The SMILES string of the molecule is CC(CC(C#N)CCC(C)(C)c1ccccc1)c1ccccc1. The number of nitriles is 1. The quantitative estimate of drug-likeness (QED) is 0.608. The van der Waals surface area contributed by atoms with Gasteiger partial charge in [-0.2, -0.15) is 5.26 Å². The molecule has 0 fully saturated rings. The van der Waals surface area contributed by atoms with Crippen molar-refractivity contribution in [3.05, 3.63) is 71.8 Å². The second-order valence-electron chi connectivity index (χ2n) is 7.16. The van der Waals surface area contributed by atoms with Gasteiger partial charge in [-0.1, -0.05) is 81.4 Å². The Balaban J connectivity index is 1.94. The predicted molar refractivity (Wildman–Crippen MR) is 97.3 cm³/mol. The van der Waals surface area contributed by atoms with E-state index in [9.17, 15) is 5.26 Å². The van der Waals surface area contributed by atoms with E-state index in [1.165, 1.54) is 11.1 Å². The molecule has 0 spiro atoms. The molecule has 23 heavy (non-hydrogen) atoms. The highest BCUT2D eigenvalue weighted by Gasteiger charge is 2.23. The van der Waals surface area contributed by atoms with Gasteiger partial charge in [-0.3, -0.25) is 0 Å². The number of hydrogen-bond acceptors (Lipinski definition) is 1. The van der Waals surface area contributed by atoms with Crippen molar-refractivity contribution in [3.63, 3.8) is 0 Å². The predicted octanol–water partition coefficient (Wildman–Crippen LogP) is 6.08. The van der Waals surface area contributed by atoms with Gasteiger partial charge in [-0.05, 0) is 41.7 Å². The maximum Gasteiger partial charge on any atom is 0.0656 e. The fourth-order valence-corrected chi connectivity index (χ4v) is 3.15. The van der Waals surface area contributed by atoms with E-state index in [-0.39, 0.29) is 11.3 Å². The van der Waals surface area contributed by atoms with Gasteiger partial charge in [0, 0.05) is 5.92 Å². The molecule has 2 aromatic carbocycles. The van der Waals surface area contributed by atoms with Gasteiger partial charge in [0.25, 0.3) is 0 Å². The summed E-state index contributed by atoms with van der Waals surface area (Å²) >= 11 is 0. The molecule has 0 aliphatic carbocycles. The Morgan fingerprint density at radius 1 is 0.957 bits per heavy atom. The third-order valence-corrected chi connectivity index (χ3v) is 4.86. The Kier molecular flexibility index (Phi) is 5.99. The lowest BCUT2D eigenvalue weighted by atomic mass is 9.77. The van der Waals surface area contributed by atoms with Gasteiger partial charge >= 0.3 is 0 Å². The molecule has 0 saturated carbocycles. The average molecular weight is 305 g/mol. The highest BCUT2D eigenvalue weighted by Crippen LogP contribution is 2.32. The molecule has 0 bridgehead atoms. The number of hydrogen-bond donors (Lipinski definition) is 0. The van der Waals surface area contributed by atoms with Gasteiger partial charge in [0.1, 0.15) is 0 Å². The first-order valence-electron chi connectivity index (χ1n) is 8.53. The normalized spacial score (nSPS) is 14.0. The molecular weight excluding hydrogens is 278 g/mol. The summed E-state index contributed by atoms with van der Waals surface area (Å²) in [6.07, 6.45) is 2.93. The Morgan fingerprint density at radius 3 is 2.09 bits per heavy atom. The molecule has 2 unspecified atom stereocenters. The molecule has 2 atom stereocenters. The molecule has 0 N–H and O–H groups in total. The summed E-state index contributed by atoms with van der Waals surface area (Å²) in [6, 6.07) is 23.7. The van der Waals surface area contributed by atoms with E-state index in [1.54, 1.807) is 0 Å². The fraction of sp³-hybridized carbons (Fsp3) is 0.409. The van der Waals surface area contributed by atoms with Crippen molar-refractivity contribution in [2.24, 2.45) is 5.92 Å². The number of rotatable bonds is 7. The van der Waals surface area contributed by atoms with Gasteiger partial charge in [0.15, 0.2) is 0 Å². The summed E-state index contributed by atoms with van der Waals surface area (Å²) in [5, 5.41) is 9.54. The van der Waals surface area contributed by atoms with Crippen LogP contribution in [0, 0.1) is 17.2 Å². The van der Waals surface area contributed by atoms with Gasteiger partial charge in [0.05, 0.1) is 6.07 Å². The second kappa shape index (κ2) is 7.97. The molecule has 1 heteroatoms. The Labute approximate surface area is 141 Å². The molecule has 0 aliphatic heterocycles. The molecular formula is C22H27N. The molecule has 0 aliphatic rings. The number of nitrogens with zero attached hydrogens (tertiary/aromatic N) is 1. The fourth-order valence-electron chi connectivity index (χ4n) is 3.15. The first-order valence-corrected chi connectivity index (χ1v) is 8.53. The van der Waals surface area contributed by atoms with Crippen molar-refractivity contribution in [2.75, 3.05) is 0 Å². The Morgan fingerprint density at radius 2 is 1.52 bits per heavy atom. The minimum absolute atomic E-state index is 0.117. The van der Waals surface area contributed by atoms with Crippen molar-refractivity contribution in [2.45, 2.75) is 51.4 Å². The molecule has 2 aromatic rings. The van der Waals surface area contributed by atoms with E-state index in [0.717, 1.165) is 19.3 Å². The van der Waals surface area contributed by atoms with Crippen LogP contribution >= 0.6 is 0 Å². The van der Waals surface area contributed by atoms with Crippen molar-refractivity contribution >= 4 is 0 Å². The lowest BCUT2D eigenvalue weighted by Crippen LogP contribution is -2.19. The van der Waals surface area contributed by atoms with Crippen LogP contribution < -0.4 is 0 Å². The van der Waals surface area contributed by atoms with Crippen molar-refractivity contribution in [1.29, 1.82) is 5.26 Å². The summed E-state index contributed by atoms with van der Waals surface area (Å²) < 4.78 is 0. The second-order valence-corrected chi connectivity index (χ2v) is 7.16. The van der Waals surface area contributed by atoms with Crippen LogP contribution in [-0.2, 0) is 5.41 Å². The van der Waals surface area contributed by atoms with Gasteiger partial charge < -0.3 is 0 Å². The maximum atomic E-state index is 9.54. The lowest BCUT2D eigenvalue weighted by Gasteiger charge is -2.27. The zero-order chi connectivity index (χ0) is 16.7. The van der Waals surface area contributed by atoms with Crippen LogP contribution in [0.2, 0.25) is 0 Å². The van der Waals surface area contributed by atoms with Crippen LogP contribution in [0.25, 0.3) is 0 Å². The van der Waals surface area contributed by atoms with E-state index in [2.05, 4.69) is 81.4 Å². The summed E-state index contributed by atoms with van der Waals surface area (Å²) in [7, 11) is 0. The Bertz CT molecular complexity index is 622. The van der Waals surface area contributed by atoms with Crippen LogP contribution in [0.1, 0.15) is 57.1 Å². The van der Waals surface area contributed by atoms with Gasteiger partial charge in [-0.15, -0.1) is 0 Å². The zero-order valence-electron chi connectivity index (χ0n) is 14.5. The topological polar surface area (TPSA) is 23.8 Å². The summed E-state index contributed by atoms with van der Waals surface area (Å²) in [5.41, 5.74) is 2.80. The first kappa shape index (κ1) is 17.3. The summed E-state index contributed by atoms with van der Waals surface area (Å²) in [6.45, 7) is 6.77.